The predicted molar refractivity (Wildman–Crippen MR) is 82.3 cm³/mol. The van der Waals surface area contributed by atoms with E-state index in [0.717, 1.165) is 5.57 Å². The SMILES string of the molecule is COCC1(CO)CC(Br)(C#N)CC=C1c1cccc(F)c1. The molecule has 0 aromatic heterocycles. The topological polar surface area (TPSA) is 53.2 Å². The van der Waals surface area contributed by atoms with Gasteiger partial charge in [0.2, 0.25) is 0 Å². The van der Waals surface area contributed by atoms with E-state index >= 15 is 0 Å². The predicted octanol–water partition coefficient (Wildman–Crippen LogP) is 3.29. The monoisotopic (exact) mass is 353 g/mol. The Labute approximate surface area is 132 Å². The van der Waals surface area contributed by atoms with Gasteiger partial charge in [-0.1, -0.05) is 34.1 Å². The zero-order chi connectivity index (χ0) is 15.5. The zero-order valence-electron chi connectivity index (χ0n) is 11.8. The van der Waals surface area contributed by atoms with Crippen molar-refractivity contribution in [3.8, 4) is 6.07 Å². The van der Waals surface area contributed by atoms with Gasteiger partial charge in [-0.3, -0.25) is 0 Å². The lowest BCUT2D eigenvalue weighted by Gasteiger charge is -2.42. The number of hydrogen-bond donors (Lipinski definition) is 1. The summed E-state index contributed by atoms with van der Waals surface area (Å²) in [4.78, 5) is 0. The summed E-state index contributed by atoms with van der Waals surface area (Å²) in [7, 11) is 1.55. The summed E-state index contributed by atoms with van der Waals surface area (Å²) in [6.07, 6.45) is 2.80. The molecule has 1 aliphatic carbocycles. The molecule has 2 rings (SSSR count). The van der Waals surface area contributed by atoms with Crippen molar-refractivity contribution in [2.24, 2.45) is 5.41 Å². The first-order valence-electron chi connectivity index (χ1n) is 6.65. The van der Waals surface area contributed by atoms with Crippen molar-refractivity contribution < 1.29 is 14.2 Å². The highest BCUT2D eigenvalue weighted by atomic mass is 79.9. The standard InChI is InChI=1S/C16H17BrFNO2/c1-21-11-15(10-20)8-16(17,9-19)6-5-14(15)12-3-2-4-13(18)7-12/h2-5,7,20H,6,8,10-11H2,1H3. The van der Waals surface area contributed by atoms with E-state index in [1.54, 1.807) is 13.2 Å². The Morgan fingerprint density at radius 3 is 2.86 bits per heavy atom. The molecule has 0 radical (unpaired) electrons. The first-order valence-corrected chi connectivity index (χ1v) is 7.44. The van der Waals surface area contributed by atoms with Gasteiger partial charge in [-0.05, 0) is 36.1 Å². The first-order chi connectivity index (χ1) is 9.98. The van der Waals surface area contributed by atoms with Crippen molar-refractivity contribution in [2.75, 3.05) is 20.3 Å². The number of allylic oxidation sites excluding steroid dienone is 1. The number of alkyl halides is 1. The molecule has 2 atom stereocenters. The number of ether oxygens (including phenoxy) is 1. The largest absolute Gasteiger partial charge is 0.395 e. The molecule has 0 bridgehead atoms. The number of benzene rings is 1. The second-order valence-corrected chi connectivity index (χ2v) is 6.98. The first kappa shape index (κ1) is 16.2. The van der Waals surface area contributed by atoms with E-state index in [-0.39, 0.29) is 19.0 Å². The summed E-state index contributed by atoms with van der Waals surface area (Å²) in [6, 6.07) is 8.52. The summed E-state index contributed by atoms with van der Waals surface area (Å²) in [6.45, 7) is 0.0963. The van der Waals surface area contributed by atoms with Gasteiger partial charge >= 0.3 is 0 Å². The molecule has 0 amide bonds. The minimum atomic E-state index is -0.731. The van der Waals surface area contributed by atoms with Crippen molar-refractivity contribution in [2.45, 2.75) is 17.2 Å². The van der Waals surface area contributed by atoms with Crippen LogP contribution in [-0.4, -0.2) is 29.8 Å². The molecule has 0 saturated carbocycles. The Hall–Kier alpha value is -1.22. The average Bonchev–Trinajstić information content (AvgIpc) is 2.47. The number of rotatable bonds is 4. The second kappa shape index (κ2) is 6.27. The number of aliphatic hydroxyl groups excluding tert-OH is 1. The smallest absolute Gasteiger partial charge is 0.123 e. The Morgan fingerprint density at radius 2 is 2.29 bits per heavy atom. The third-order valence-corrected chi connectivity index (χ3v) is 4.66. The molecular weight excluding hydrogens is 337 g/mol. The fourth-order valence-corrected chi connectivity index (χ4v) is 3.64. The summed E-state index contributed by atoms with van der Waals surface area (Å²) < 4.78 is 18.0. The summed E-state index contributed by atoms with van der Waals surface area (Å²) in [5.41, 5.74) is 0.824. The van der Waals surface area contributed by atoms with E-state index < -0.39 is 9.74 Å². The molecule has 1 aromatic carbocycles. The molecule has 21 heavy (non-hydrogen) atoms. The molecule has 0 fully saturated rings. The van der Waals surface area contributed by atoms with Gasteiger partial charge in [-0.2, -0.15) is 5.26 Å². The van der Waals surface area contributed by atoms with Gasteiger partial charge in [0.05, 0.1) is 19.3 Å². The molecule has 0 saturated heterocycles. The maximum atomic E-state index is 13.5. The van der Waals surface area contributed by atoms with Crippen LogP contribution >= 0.6 is 15.9 Å². The van der Waals surface area contributed by atoms with Crippen molar-refractivity contribution in [3.63, 3.8) is 0 Å². The minimum Gasteiger partial charge on any atom is -0.395 e. The lowest BCUT2D eigenvalue weighted by molar-refractivity contribution is 0.0573. The Balaban J connectivity index is 2.53. The molecule has 112 valence electrons. The minimum absolute atomic E-state index is 0.168. The lowest BCUT2D eigenvalue weighted by Crippen LogP contribution is -2.41. The lowest BCUT2D eigenvalue weighted by atomic mass is 9.67. The van der Waals surface area contributed by atoms with Crippen LogP contribution in [0.3, 0.4) is 0 Å². The van der Waals surface area contributed by atoms with Crippen LogP contribution in [0.1, 0.15) is 18.4 Å². The van der Waals surface area contributed by atoms with Crippen LogP contribution in [0.2, 0.25) is 0 Å². The van der Waals surface area contributed by atoms with E-state index in [4.69, 9.17) is 4.74 Å². The molecule has 1 aromatic rings. The van der Waals surface area contributed by atoms with Crippen LogP contribution in [-0.2, 0) is 4.74 Å². The van der Waals surface area contributed by atoms with Gasteiger partial charge in [0, 0.05) is 12.5 Å². The third-order valence-electron chi connectivity index (χ3n) is 3.88. The Morgan fingerprint density at radius 1 is 1.52 bits per heavy atom. The summed E-state index contributed by atoms with van der Waals surface area (Å²) in [5.74, 6) is -0.325. The van der Waals surface area contributed by atoms with Gasteiger partial charge in [0.25, 0.3) is 0 Å². The van der Waals surface area contributed by atoms with Crippen molar-refractivity contribution >= 4 is 21.5 Å². The molecule has 3 nitrogen and oxygen atoms in total. The highest BCUT2D eigenvalue weighted by Gasteiger charge is 2.46. The second-order valence-electron chi connectivity index (χ2n) is 5.46. The quantitative estimate of drug-likeness (QED) is 0.845. The maximum Gasteiger partial charge on any atom is 0.123 e. The van der Waals surface area contributed by atoms with Crippen LogP contribution in [0.5, 0.6) is 0 Å². The van der Waals surface area contributed by atoms with E-state index in [9.17, 15) is 14.8 Å². The van der Waals surface area contributed by atoms with Crippen LogP contribution in [0.25, 0.3) is 5.57 Å². The van der Waals surface area contributed by atoms with Gasteiger partial charge in [0.1, 0.15) is 10.1 Å². The molecule has 5 heteroatoms. The maximum absolute atomic E-state index is 13.5. The van der Waals surface area contributed by atoms with E-state index in [1.165, 1.54) is 12.1 Å². The molecule has 0 spiro atoms. The van der Waals surface area contributed by atoms with Gasteiger partial charge < -0.3 is 9.84 Å². The number of methoxy groups -OCH3 is 1. The molecule has 0 aliphatic heterocycles. The normalized spacial score (nSPS) is 28.8. The van der Waals surface area contributed by atoms with Crippen LogP contribution < -0.4 is 0 Å². The van der Waals surface area contributed by atoms with Crippen molar-refractivity contribution in [3.05, 3.63) is 41.7 Å². The van der Waals surface area contributed by atoms with Crippen LogP contribution in [0.4, 0.5) is 4.39 Å². The number of nitrogens with zero attached hydrogens (tertiary/aromatic N) is 1. The van der Waals surface area contributed by atoms with Gasteiger partial charge in [-0.15, -0.1) is 0 Å². The van der Waals surface area contributed by atoms with Crippen LogP contribution in [0.15, 0.2) is 30.3 Å². The molecule has 1 N–H and O–H groups in total. The van der Waals surface area contributed by atoms with Gasteiger partial charge in [-0.25, -0.2) is 4.39 Å². The van der Waals surface area contributed by atoms with Crippen molar-refractivity contribution in [1.29, 1.82) is 5.26 Å². The molecular formula is C16H17BrFNO2. The fraction of sp³-hybridized carbons (Fsp3) is 0.438. The number of nitriles is 1. The number of aliphatic hydroxyl groups is 1. The van der Waals surface area contributed by atoms with Crippen LogP contribution in [0, 0.1) is 22.6 Å². The summed E-state index contributed by atoms with van der Waals surface area (Å²) >= 11 is 3.45. The van der Waals surface area contributed by atoms with Gasteiger partial charge in [0.15, 0.2) is 0 Å². The summed E-state index contributed by atoms with van der Waals surface area (Å²) in [5, 5.41) is 19.3. The molecule has 2 unspecified atom stereocenters. The molecule has 0 heterocycles. The highest BCUT2D eigenvalue weighted by molar-refractivity contribution is 9.10. The Bertz CT molecular complexity index is 598. The Kier molecular flexibility index (Phi) is 4.82. The number of hydrogen-bond acceptors (Lipinski definition) is 3. The van der Waals surface area contributed by atoms with Crippen molar-refractivity contribution in [1.82, 2.24) is 0 Å². The van der Waals surface area contributed by atoms with E-state index in [2.05, 4.69) is 22.0 Å². The number of halogens is 2. The zero-order valence-corrected chi connectivity index (χ0v) is 13.4. The third kappa shape index (κ3) is 3.18. The highest BCUT2D eigenvalue weighted by Crippen LogP contribution is 2.49. The molecule has 1 aliphatic rings. The van der Waals surface area contributed by atoms with E-state index in [0.29, 0.717) is 18.4 Å². The van der Waals surface area contributed by atoms with E-state index in [1.807, 2.05) is 12.1 Å². The average molecular weight is 354 g/mol. The fourth-order valence-electron chi connectivity index (χ4n) is 2.94.